The average Bonchev–Trinajstić information content (AvgIpc) is 3.37. The van der Waals surface area contributed by atoms with Crippen LogP contribution in [0.3, 0.4) is 0 Å². The molecule has 5 heterocycles. The third-order valence-corrected chi connectivity index (χ3v) is 6.12. The van der Waals surface area contributed by atoms with E-state index in [1.54, 1.807) is 0 Å². The van der Waals surface area contributed by atoms with E-state index in [1.807, 2.05) is 18.6 Å². The van der Waals surface area contributed by atoms with E-state index in [-0.39, 0.29) is 0 Å². The van der Waals surface area contributed by atoms with E-state index in [9.17, 15) is 0 Å². The van der Waals surface area contributed by atoms with Crippen LogP contribution >= 0.6 is 0 Å². The number of aromatic amines is 1. The zero-order chi connectivity index (χ0) is 18.5. The highest BCUT2D eigenvalue weighted by Crippen LogP contribution is 2.37. The molecule has 7 nitrogen and oxygen atoms in total. The van der Waals surface area contributed by atoms with Crippen molar-refractivity contribution in [2.45, 2.75) is 50.4 Å². The van der Waals surface area contributed by atoms with Crippen molar-refractivity contribution in [2.24, 2.45) is 0 Å². The minimum absolute atomic E-state index is 0.458. The summed E-state index contributed by atoms with van der Waals surface area (Å²) in [6.45, 7) is 0.504. The van der Waals surface area contributed by atoms with Gasteiger partial charge in [-0.2, -0.15) is 10.1 Å². The number of fused-ring (bicyclic) bond motifs is 5. The van der Waals surface area contributed by atoms with Gasteiger partial charge in [0.05, 0.1) is 12.4 Å². The Morgan fingerprint density at radius 2 is 1.96 bits per heavy atom. The lowest BCUT2D eigenvalue weighted by atomic mass is 9.98. The molecule has 2 fully saturated rings. The summed E-state index contributed by atoms with van der Waals surface area (Å²) >= 11 is 0. The Kier molecular flexibility index (Phi) is 3.62. The van der Waals surface area contributed by atoms with E-state index in [2.05, 4.69) is 44.0 Å². The van der Waals surface area contributed by atoms with Crippen molar-refractivity contribution in [1.29, 1.82) is 0 Å². The number of aromatic nitrogens is 4. The van der Waals surface area contributed by atoms with Crippen LogP contribution in [-0.4, -0.2) is 38.3 Å². The normalized spacial score (nSPS) is 24.9. The van der Waals surface area contributed by atoms with Gasteiger partial charge in [-0.15, -0.1) is 0 Å². The third-order valence-electron chi connectivity index (χ3n) is 6.12. The number of anilines is 1. The molecule has 3 N–H and O–H groups in total. The van der Waals surface area contributed by atoms with Crippen molar-refractivity contribution >= 4 is 5.82 Å². The molecule has 0 radical (unpaired) electrons. The number of H-pyrrole nitrogens is 1. The van der Waals surface area contributed by atoms with Crippen LogP contribution < -0.4 is 15.4 Å². The Bertz CT molecular complexity index is 1010. The molecule has 2 bridgehead atoms. The Balaban J connectivity index is 1.26. The van der Waals surface area contributed by atoms with Crippen LogP contribution in [-0.2, 0) is 6.61 Å². The molecular weight excluding hydrogens is 352 g/mol. The highest BCUT2D eigenvalue weighted by atomic mass is 16.5. The Labute approximate surface area is 162 Å². The number of nitrogens with one attached hydrogen (secondary N) is 3. The fourth-order valence-electron chi connectivity index (χ4n) is 4.79. The minimum atomic E-state index is 0.458. The second kappa shape index (κ2) is 6.31. The van der Waals surface area contributed by atoms with Crippen LogP contribution in [0.4, 0.5) is 5.82 Å². The van der Waals surface area contributed by atoms with Gasteiger partial charge in [0.15, 0.2) is 0 Å². The van der Waals surface area contributed by atoms with Crippen molar-refractivity contribution in [3.63, 3.8) is 0 Å². The number of benzene rings is 1. The maximum atomic E-state index is 5.96. The lowest BCUT2D eigenvalue weighted by Gasteiger charge is -2.30. The van der Waals surface area contributed by atoms with Gasteiger partial charge in [-0.05, 0) is 42.9 Å². The highest BCUT2D eigenvalue weighted by molar-refractivity contribution is 5.75. The molecule has 2 unspecified atom stereocenters. The first kappa shape index (κ1) is 16.1. The summed E-state index contributed by atoms with van der Waals surface area (Å²) in [5, 5.41) is 14.1. The number of hydrogen-bond acceptors (Lipinski definition) is 6. The van der Waals surface area contributed by atoms with Crippen LogP contribution in [0.1, 0.15) is 31.2 Å². The van der Waals surface area contributed by atoms with Gasteiger partial charge >= 0.3 is 0 Å². The van der Waals surface area contributed by atoms with E-state index in [0.29, 0.717) is 30.6 Å². The number of hydrogen-bond donors (Lipinski definition) is 3. The molecular formula is C21H22N6O. The van der Waals surface area contributed by atoms with E-state index in [1.165, 1.54) is 12.8 Å². The summed E-state index contributed by atoms with van der Waals surface area (Å²) in [5.74, 6) is 1.42. The van der Waals surface area contributed by atoms with E-state index < -0.39 is 0 Å². The second-order valence-electron chi connectivity index (χ2n) is 8.01. The highest BCUT2D eigenvalue weighted by Gasteiger charge is 2.33. The van der Waals surface area contributed by atoms with Crippen molar-refractivity contribution < 1.29 is 4.74 Å². The Morgan fingerprint density at radius 3 is 2.79 bits per heavy atom. The largest absolute Gasteiger partial charge is 0.471 e. The Hall–Kier alpha value is -2.93. The van der Waals surface area contributed by atoms with Crippen molar-refractivity contribution in [2.75, 3.05) is 5.32 Å². The van der Waals surface area contributed by atoms with Crippen LogP contribution in [0.15, 0.2) is 36.8 Å². The predicted octanol–water partition coefficient (Wildman–Crippen LogP) is 3.12. The first-order valence-corrected chi connectivity index (χ1v) is 9.97. The number of nitrogens with zero attached hydrogens (tertiary/aromatic N) is 3. The molecule has 28 heavy (non-hydrogen) atoms. The quantitative estimate of drug-likeness (QED) is 0.653. The van der Waals surface area contributed by atoms with Crippen LogP contribution in [0, 0.1) is 0 Å². The van der Waals surface area contributed by atoms with Gasteiger partial charge in [-0.25, -0.2) is 4.98 Å². The van der Waals surface area contributed by atoms with Crippen LogP contribution in [0.2, 0.25) is 0 Å². The molecule has 142 valence electrons. The van der Waals surface area contributed by atoms with Gasteiger partial charge in [0.25, 0.3) is 0 Å². The van der Waals surface area contributed by atoms with Gasteiger partial charge in [0, 0.05) is 35.4 Å². The summed E-state index contributed by atoms with van der Waals surface area (Å²) in [4.78, 5) is 9.41. The fraction of sp³-hybridized carbons (Fsp3) is 0.381. The molecule has 3 aliphatic rings. The molecule has 3 aliphatic heterocycles. The molecule has 1 aromatic carbocycles. The van der Waals surface area contributed by atoms with Crippen molar-refractivity contribution in [3.05, 3.63) is 42.4 Å². The standard InChI is InChI=1S/C21H22N6O/c1-4-18-13(5-12(1)14-8-23-24-9-14)11-28-21-20(18)22-10-19(27-21)26-17-6-15-2-3-16(7-17)25-15/h1,4-5,8-10,15-17,25H,2-3,6-7,11H2,(H,23,24)(H,26,27). The van der Waals surface area contributed by atoms with E-state index >= 15 is 0 Å². The maximum absolute atomic E-state index is 5.96. The topological polar surface area (TPSA) is 87.8 Å². The number of piperidine rings is 1. The smallest absolute Gasteiger partial charge is 0.242 e. The minimum Gasteiger partial charge on any atom is -0.471 e. The number of ether oxygens (including phenoxy) is 1. The lowest BCUT2D eigenvalue weighted by molar-refractivity contribution is 0.288. The van der Waals surface area contributed by atoms with Crippen molar-refractivity contribution in [3.8, 4) is 28.3 Å². The molecule has 0 saturated carbocycles. The monoisotopic (exact) mass is 374 g/mol. The molecule has 2 saturated heterocycles. The summed E-state index contributed by atoms with van der Waals surface area (Å²) in [6.07, 6.45) is 10.4. The van der Waals surface area contributed by atoms with Crippen molar-refractivity contribution in [1.82, 2.24) is 25.5 Å². The Morgan fingerprint density at radius 1 is 1.07 bits per heavy atom. The second-order valence-corrected chi connectivity index (χ2v) is 8.01. The first-order valence-electron chi connectivity index (χ1n) is 9.97. The van der Waals surface area contributed by atoms with Gasteiger partial charge < -0.3 is 15.4 Å². The maximum Gasteiger partial charge on any atom is 0.242 e. The molecule has 0 spiro atoms. The van der Waals surface area contributed by atoms with Gasteiger partial charge in [0.1, 0.15) is 18.1 Å². The van der Waals surface area contributed by atoms with Crippen LogP contribution in [0.25, 0.3) is 22.4 Å². The number of rotatable bonds is 3. The first-order chi connectivity index (χ1) is 13.8. The molecule has 3 aromatic rings. The summed E-state index contributed by atoms with van der Waals surface area (Å²) in [6, 6.07) is 8.09. The lowest BCUT2D eigenvalue weighted by Crippen LogP contribution is -2.43. The van der Waals surface area contributed by atoms with Gasteiger partial charge in [-0.3, -0.25) is 5.10 Å². The molecule has 6 rings (SSSR count). The zero-order valence-corrected chi connectivity index (χ0v) is 15.5. The van der Waals surface area contributed by atoms with Crippen LogP contribution in [0.5, 0.6) is 5.88 Å². The molecule has 0 amide bonds. The summed E-state index contributed by atoms with van der Waals surface area (Å²) in [5.41, 5.74) is 5.21. The average molecular weight is 374 g/mol. The zero-order valence-electron chi connectivity index (χ0n) is 15.5. The van der Waals surface area contributed by atoms with E-state index in [4.69, 9.17) is 9.72 Å². The molecule has 7 heteroatoms. The van der Waals surface area contributed by atoms with Gasteiger partial charge in [0.2, 0.25) is 5.88 Å². The fourth-order valence-corrected chi connectivity index (χ4v) is 4.79. The molecule has 2 aromatic heterocycles. The van der Waals surface area contributed by atoms with E-state index in [0.717, 1.165) is 46.6 Å². The molecule has 0 aliphatic carbocycles. The van der Waals surface area contributed by atoms with Gasteiger partial charge in [-0.1, -0.05) is 12.1 Å². The summed E-state index contributed by atoms with van der Waals surface area (Å²) < 4.78 is 5.96. The third kappa shape index (κ3) is 2.74. The molecule has 2 atom stereocenters. The summed E-state index contributed by atoms with van der Waals surface area (Å²) in [7, 11) is 0. The SMILES string of the molecule is c1cc2c(cc1-c1cn[nH]c1)COc1nc(NC3CC4CCC(C3)N4)cnc1-2. The predicted molar refractivity (Wildman–Crippen MR) is 106 cm³/mol.